The standard InChI is InChI=1S/C15H18F2N2O3/c1-4-11-15(21)19(7-14(20)22-8(2)3)13-6-10(17)9(16)5-12(13)18-11/h5-6,8,11,18H,4,7H2,1-3H3. The molecular formula is C15H18F2N2O3. The minimum absolute atomic E-state index is 0.134. The second kappa shape index (κ2) is 6.29. The molecule has 0 saturated carbocycles. The van der Waals surface area contributed by atoms with E-state index < -0.39 is 23.6 Å². The molecule has 7 heteroatoms. The summed E-state index contributed by atoms with van der Waals surface area (Å²) in [5.41, 5.74) is 0.414. The first-order valence-electron chi connectivity index (χ1n) is 7.10. The number of esters is 1. The lowest BCUT2D eigenvalue weighted by atomic mass is 10.1. The normalized spacial score (nSPS) is 17.3. The molecule has 1 N–H and O–H groups in total. The highest BCUT2D eigenvalue weighted by Gasteiger charge is 2.34. The van der Waals surface area contributed by atoms with Crippen molar-refractivity contribution in [3.05, 3.63) is 23.8 Å². The third kappa shape index (κ3) is 3.18. The number of carbonyl (C=O) groups excluding carboxylic acids is 2. The molecule has 120 valence electrons. The summed E-state index contributed by atoms with van der Waals surface area (Å²) in [6, 6.07) is 1.30. The third-order valence-corrected chi connectivity index (χ3v) is 3.29. The molecule has 1 aliphatic rings. The van der Waals surface area contributed by atoms with Crippen molar-refractivity contribution < 1.29 is 23.1 Å². The van der Waals surface area contributed by atoms with Crippen LogP contribution >= 0.6 is 0 Å². The van der Waals surface area contributed by atoms with E-state index in [2.05, 4.69) is 5.32 Å². The minimum Gasteiger partial charge on any atom is -0.462 e. The molecule has 0 radical (unpaired) electrons. The molecule has 0 bridgehead atoms. The predicted molar refractivity (Wildman–Crippen MR) is 77.6 cm³/mol. The van der Waals surface area contributed by atoms with Crippen molar-refractivity contribution >= 4 is 23.3 Å². The van der Waals surface area contributed by atoms with Crippen LogP contribution in [0.2, 0.25) is 0 Å². The van der Waals surface area contributed by atoms with Crippen molar-refractivity contribution in [3.8, 4) is 0 Å². The molecule has 1 aromatic rings. The van der Waals surface area contributed by atoms with Gasteiger partial charge in [-0.15, -0.1) is 0 Å². The molecule has 1 unspecified atom stereocenters. The van der Waals surface area contributed by atoms with Crippen LogP contribution in [0.5, 0.6) is 0 Å². The van der Waals surface area contributed by atoms with E-state index in [4.69, 9.17) is 4.74 Å². The lowest BCUT2D eigenvalue weighted by molar-refractivity contribution is -0.146. The summed E-state index contributed by atoms with van der Waals surface area (Å²) in [7, 11) is 0. The number of halogens is 2. The number of nitrogens with one attached hydrogen (secondary N) is 1. The fraction of sp³-hybridized carbons (Fsp3) is 0.467. The highest BCUT2D eigenvalue weighted by Crippen LogP contribution is 2.34. The first-order valence-corrected chi connectivity index (χ1v) is 7.10. The molecule has 2 rings (SSSR count). The highest BCUT2D eigenvalue weighted by molar-refractivity contribution is 6.07. The van der Waals surface area contributed by atoms with Crippen LogP contribution in [0.25, 0.3) is 0 Å². The van der Waals surface area contributed by atoms with Gasteiger partial charge in [-0.1, -0.05) is 6.92 Å². The van der Waals surface area contributed by atoms with Crippen LogP contribution in [0.1, 0.15) is 27.2 Å². The maximum absolute atomic E-state index is 13.5. The number of carbonyl (C=O) groups is 2. The molecule has 0 spiro atoms. The van der Waals surface area contributed by atoms with E-state index in [1.165, 1.54) is 0 Å². The first kappa shape index (κ1) is 16.2. The molecule has 1 atom stereocenters. The van der Waals surface area contributed by atoms with Gasteiger partial charge in [0.05, 0.1) is 17.5 Å². The fourth-order valence-electron chi connectivity index (χ4n) is 2.30. The molecule has 0 aromatic heterocycles. The summed E-state index contributed by atoms with van der Waals surface area (Å²) in [5, 5.41) is 2.86. The lowest BCUT2D eigenvalue weighted by Crippen LogP contribution is -2.49. The zero-order chi connectivity index (χ0) is 16.4. The van der Waals surface area contributed by atoms with E-state index in [9.17, 15) is 18.4 Å². The quantitative estimate of drug-likeness (QED) is 0.868. The van der Waals surface area contributed by atoms with E-state index >= 15 is 0 Å². The van der Waals surface area contributed by atoms with Gasteiger partial charge >= 0.3 is 5.97 Å². The number of ether oxygens (including phenoxy) is 1. The molecule has 0 fully saturated rings. The maximum atomic E-state index is 13.5. The topological polar surface area (TPSA) is 58.6 Å². The van der Waals surface area contributed by atoms with Gasteiger partial charge in [-0.25, -0.2) is 8.78 Å². The number of hydrogen-bond acceptors (Lipinski definition) is 4. The van der Waals surface area contributed by atoms with Crippen LogP contribution in [0.15, 0.2) is 12.1 Å². The van der Waals surface area contributed by atoms with Gasteiger partial charge in [0.1, 0.15) is 12.6 Å². The van der Waals surface area contributed by atoms with Gasteiger partial charge in [0.15, 0.2) is 11.6 Å². The summed E-state index contributed by atoms with van der Waals surface area (Å²) in [5.74, 6) is -3.07. The largest absolute Gasteiger partial charge is 0.462 e. The van der Waals surface area contributed by atoms with Gasteiger partial charge in [0, 0.05) is 12.1 Å². The van der Waals surface area contributed by atoms with Crippen molar-refractivity contribution in [3.63, 3.8) is 0 Å². The molecule has 0 saturated heterocycles. The van der Waals surface area contributed by atoms with Crippen LogP contribution < -0.4 is 10.2 Å². The Bertz CT molecular complexity index is 605. The van der Waals surface area contributed by atoms with E-state index in [0.29, 0.717) is 6.42 Å². The second-order valence-corrected chi connectivity index (χ2v) is 5.35. The van der Waals surface area contributed by atoms with Crippen LogP contribution in [0, 0.1) is 11.6 Å². The van der Waals surface area contributed by atoms with Crippen LogP contribution in [-0.4, -0.2) is 30.6 Å². The van der Waals surface area contributed by atoms with Crippen molar-refractivity contribution in [1.82, 2.24) is 0 Å². The maximum Gasteiger partial charge on any atom is 0.326 e. The Hall–Kier alpha value is -2.18. The lowest BCUT2D eigenvalue weighted by Gasteiger charge is -2.34. The van der Waals surface area contributed by atoms with Gasteiger partial charge < -0.3 is 10.1 Å². The van der Waals surface area contributed by atoms with Crippen LogP contribution in [0.4, 0.5) is 20.2 Å². The van der Waals surface area contributed by atoms with E-state index in [-0.39, 0.29) is 29.9 Å². The van der Waals surface area contributed by atoms with Gasteiger partial charge in [0.25, 0.3) is 0 Å². The Morgan fingerprint density at radius 3 is 2.59 bits per heavy atom. The third-order valence-electron chi connectivity index (χ3n) is 3.29. The average Bonchev–Trinajstić information content (AvgIpc) is 2.43. The number of benzene rings is 1. The molecule has 1 aliphatic heterocycles. The van der Waals surface area contributed by atoms with E-state index in [1.807, 2.05) is 0 Å². The van der Waals surface area contributed by atoms with Gasteiger partial charge in [-0.2, -0.15) is 0 Å². The molecule has 1 amide bonds. The summed E-state index contributed by atoms with van der Waals surface area (Å²) in [6.07, 6.45) is 0.129. The van der Waals surface area contributed by atoms with E-state index in [0.717, 1.165) is 17.0 Å². The number of fused-ring (bicyclic) bond motifs is 1. The smallest absolute Gasteiger partial charge is 0.326 e. The molecule has 0 aliphatic carbocycles. The number of anilines is 2. The first-order chi connectivity index (χ1) is 10.3. The minimum atomic E-state index is -1.08. The number of nitrogens with zero attached hydrogens (tertiary/aromatic N) is 1. The van der Waals surface area contributed by atoms with Crippen molar-refractivity contribution in [2.75, 3.05) is 16.8 Å². The Kier molecular flexibility index (Phi) is 4.63. The van der Waals surface area contributed by atoms with Crippen LogP contribution in [-0.2, 0) is 14.3 Å². The summed E-state index contributed by atoms with van der Waals surface area (Å²) in [6.45, 7) is 4.82. The van der Waals surface area contributed by atoms with Gasteiger partial charge in [-0.05, 0) is 20.3 Å². The summed E-state index contributed by atoms with van der Waals surface area (Å²) >= 11 is 0. The molecule has 1 heterocycles. The fourth-order valence-corrected chi connectivity index (χ4v) is 2.30. The zero-order valence-electron chi connectivity index (χ0n) is 12.7. The zero-order valence-corrected chi connectivity index (χ0v) is 12.7. The summed E-state index contributed by atoms with van der Waals surface area (Å²) in [4.78, 5) is 25.3. The van der Waals surface area contributed by atoms with E-state index in [1.54, 1.807) is 20.8 Å². The Morgan fingerprint density at radius 2 is 2.00 bits per heavy atom. The van der Waals surface area contributed by atoms with Gasteiger partial charge in [0.2, 0.25) is 5.91 Å². The van der Waals surface area contributed by atoms with Crippen molar-refractivity contribution in [2.45, 2.75) is 39.3 Å². The van der Waals surface area contributed by atoms with Crippen LogP contribution in [0.3, 0.4) is 0 Å². The molecule has 22 heavy (non-hydrogen) atoms. The number of hydrogen-bond donors (Lipinski definition) is 1. The Labute approximate surface area is 127 Å². The number of rotatable bonds is 4. The summed E-state index contributed by atoms with van der Waals surface area (Å²) < 4.78 is 31.9. The SMILES string of the molecule is CCC1Nc2cc(F)c(F)cc2N(CC(=O)OC(C)C)C1=O. The highest BCUT2D eigenvalue weighted by atomic mass is 19.2. The van der Waals surface area contributed by atoms with Crippen molar-refractivity contribution in [2.24, 2.45) is 0 Å². The van der Waals surface area contributed by atoms with Crippen molar-refractivity contribution in [1.29, 1.82) is 0 Å². The Balaban J connectivity index is 2.36. The molecule has 1 aromatic carbocycles. The Morgan fingerprint density at radius 1 is 1.36 bits per heavy atom. The monoisotopic (exact) mass is 312 g/mol. The molecular weight excluding hydrogens is 294 g/mol. The predicted octanol–water partition coefficient (Wildman–Crippen LogP) is 2.45. The second-order valence-electron chi connectivity index (χ2n) is 5.35. The average molecular weight is 312 g/mol. The molecule has 5 nitrogen and oxygen atoms in total. The number of amides is 1. The van der Waals surface area contributed by atoms with Gasteiger partial charge in [-0.3, -0.25) is 14.5 Å².